The Balaban J connectivity index is 1.46. The molecule has 5 rings (SSSR count). The van der Waals surface area contributed by atoms with Crippen LogP contribution >= 0.6 is 21.6 Å². The van der Waals surface area contributed by atoms with Gasteiger partial charge in [0.1, 0.15) is 23.5 Å². The molecule has 1 amide bonds. The lowest BCUT2D eigenvalue weighted by atomic mass is 9.78. The summed E-state index contributed by atoms with van der Waals surface area (Å²) < 4.78 is 15.9. The van der Waals surface area contributed by atoms with E-state index in [4.69, 9.17) is 18.7 Å². The van der Waals surface area contributed by atoms with Gasteiger partial charge in [-0.1, -0.05) is 33.7 Å². The van der Waals surface area contributed by atoms with Gasteiger partial charge in [-0.15, -0.1) is 0 Å². The van der Waals surface area contributed by atoms with Crippen molar-refractivity contribution in [3.63, 3.8) is 0 Å². The number of hydrogen-bond donors (Lipinski definition) is 4. The number of rotatable bonds is 4. The first-order valence-electron chi connectivity index (χ1n) is 9.68. The Labute approximate surface area is 189 Å². The fourth-order valence-electron chi connectivity index (χ4n) is 4.17. The molecule has 1 aromatic carbocycles. The molecule has 3 aliphatic rings. The summed E-state index contributed by atoms with van der Waals surface area (Å²) in [5, 5.41) is 24.2. The van der Waals surface area contributed by atoms with Gasteiger partial charge in [-0.25, -0.2) is 4.79 Å². The summed E-state index contributed by atoms with van der Waals surface area (Å²) in [5.74, 6) is 0.0824. The van der Waals surface area contributed by atoms with Crippen molar-refractivity contribution in [2.75, 3.05) is 19.5 Å². The van der Waals surface area contributed by atoms with E-state index in [0.717, 1.165) is 0 Å². The molecule has 32 heavy (non-hydrogen) atoms. The molecular formula is C20H20N2O8S2. The Morgan fingerprint density at radius 1 is 1.31 bits per heavy atom. The summed E-state index contributed by atoms with van der Waals surface area (Å²) >= 11 is 0. The highest BCUT2D eigenvalue weighted by atomic mass is 33.1. The first-order chi connectivity index (χ1) is 15.3. The second-order valence-corrected chi connectivity index (χ2v) is 10.4. The van der Waals surface area contributed by atoms with Gasteiger partial charge in [0.2, 0.25) is 5.75 Å². The number of nitrogens with one attached hydrogen (secondary N) is 2. The predicted octanol–water partition coefficient (Wildman–Crippen LogP) is 1.16. The number of methoxy groups -OCH3 is 2. The van der Waals surface area contributed by atoms with Crippen LogP contribution in [-0.4, -0.2) is 58.3 Å². The van der Waals surface area contributed by atoms with Gasteiger partial charge in [0, 0.05) is 11.8 Å². The van der Waals surface area contributed by atoms with E-state index in [1.165, 1.54) is 41.9 Å². The predicted molar refractivity (Wildman–Crippen MR) is 119 cm³/mol. The Morgan fingerprint density at radius 3 is 2.88 bits per heavy atom. The van der Waals surface area contributed by atoms with E-state index in [2.05, 4.69) is 10.8 Å². The number of aliphatic hydroxyl groups is 2. The van der Waals surface area contributed by atoms with Crippen molar-refractivity contribution in [3.8, 4) is 11.5 Å². The average Bonchev–Trinajstić information content (AvgIpc) is 2.78. The number of benzene rings is 1. The lowest BCUT2D eigenvalue weighted by Crippen LogP contribution is -2.73. The molecule has 4 N–H and O–H groups in total. The minimum absolute atomic E-state index is 0.0236. The summed E-state index contributed by atoms with van der Waals surface area (Å²) in [5.41, 5.74) is 0.584. The number of fused-ring (bicyclic) bond motifs is 2. The number of ether oxygens (including phenoxy) is 2. The number of carbonyl (C=O) groups is 1. The van der Waals surface area contributed by atoms with Gasteiger partial charge < -0.3 is 29.4 Å². The molecule has 12 heteroatoms. The van der Waals surface area contributed by atoms with E-state index in [1.54, 1.807) is 24.3 Å². The van der Waals surface area contributed by atoms with Crippen LogP contribution in [0.1, 0.15) is 6.42 Å². The Bertz CT molecular complexity index is 1190. The molecule has 1 aromatic heterocycles. The molecule has 0 spiro atoms. The van der Waals surface area contributed by atoms with Crippen LogP contribution in [0.15, 0.2) is 39.6 Å². The third kappa shape index (κ3) is 3.13. The number of amides is 1. The number of carbonyl (C=O) groups excluding carboxylic acids is 1. The molecule has 0 saturated carbocycles. The van der Waals surface area contributed by atoms with Crippen molar-refractivity contribution in [1.29, 1.82) is 0 Å². The number of anilines is 1. The van der Waals surface area contributed by atoms with Crippen LogP contribution < -0.4 is 25.9 Å². The van der Waals surface area contributed by atoms with E-state index in [-0.39, 0.29) is 28.7 Å². The van der Waals surface area contributed by atoms with Gasteiger partial charge in [0.25, 0.3) is 5.91 Å². The summed E-state index contributed by atoms with van der Waals surface area (Å²) in [6.07, 6.45) is 1.34. The van der Waals surface area contributed by atoms with Crippen molar-refractivity contribution >= 4 is 44.2 Å². The zero-order valence-electron chi connectivity index (χ0n) is 17.0. The quantitative estimate of drug-likeness (QED) is 0.285. The summed E-state index contributed by atoms with van der Waals surface area (Å²) in [7, 11) is 5.39. The second kappa shape index (κ2) is 7.68. The maximum Gasteiger partial charge on any atom is 0.360 e. The summed E-state index contributed by atoms with van der Waals surface area (Å²) in [4.78, 5) is 30.0. The maximum atomic E-state index is 13.3. The lowest BCUT2D eigenvalue weighted by Gasteiger charge is -2.55. The first kappa shape index (κ1) is 21.6. The monoisotopic (exact) mass is 480 g/mol. The minimum Gasteiger partial charge on any atom is -0.493 e. The van der Waals surface area contributed by atoms with E-state index in [0.29, 0.717) is 11.1 Å². The highest BCUT2D eigenvalue weighted by Crippen LogP contribution is 2.57. The van der Waals surface area contributed by atoms with Crippen LogP contribution in [0.4, 0.5) is 5.69 Å². The molecule has 2 bridgehead atoms. The van der Waals surface area contributed by atoms with E-state index >= 15 is 0 Å². The third-order valence-corrected chi connectivity index (χ3v) is 9.15. The molecule has 2 aromatic rings. The maximum absolute atomic E-state index is 13.3. The fraction of sp³-hybridized carbons (Fsp3) is 0.400. The van der Waals surface area contributed by atoms with Crippen molar-refractivity contribution in [3.05, 3.63) is 40.8 Å². The molecule has 10 nitrogen and oxygen atoms in total. The Morgan fingerprint density at radius 2 is 2.12 bits per heavy atom. The van der Waals surface area contributed by atoms with E-state index < -0.39 is 34.2 Å². The van der Waals surface area contributed by atoms with Gasteiger partial charge in [-0.3, -0.25) is 9.63 Å². The molecule has 1 aliphatic carbocycles. The number of hydrogen-bond acceptors (Lipinski definition) is 11. The fourth-order valence-corrected chi connectivity index (χ4v) is 7.48. The molecule has 5 atom stereocenters. The van der Waals surface area contributed by atoms with Crippen LogP contribution in [0, 0.1) is 0 Å². The lowest BCUT2D eigenvalue weighted by molar-refractivity contribution is -0.224. The third-order valence-electron chi connectivity index (χ3n) is 5.82. The standard InChI is InChI=1S/C20H20N2O8S2/c1-27-12-5-3-9-7-10(17(24)29-14(9)15(12)28-2)21-18(25)20-8-19(26)13(31-32-20)6-4-11(23)16(19)30-22-20/h3-7,11,13,16,22-23,26H,8H2,1-2H3,(H,21,25)/t11-,13-,16+,19+,20+/m1/s1. The molecule has 2 aliphatic heterocycles. The molecule has 2 saturated heterocycles. The molecule has 0 unspecified atom stereocenters. The van der Waals surface area contributed by atoms with Crippen molar-refractivity contribution in [2.45, 2.75) is 34.4 Å². The smallest absolute Gasteiger partial charge is 0.360 e. The number of aliphatic hydroxyl groups excluding tert-OH is 1. The molecule has 2 fully saturated rings. The molecule has 3 heterocycles. The SMILES string of the molecule is COc1ccc2cc(NC(=O)[C@@]34C[C@]5(O)[C@@H](C=C[C@@H](O)[C@@H]5ON3)SS4)c(=O)oc2c1OC. The van der Waals surface area contributed by atoms with E-state index in [1.807, 2.05) is 0 Å². The Kier molecular flexibility index (Phi) is 5.19. The minimum atomic E-state index is -1.45. The first-order valence-corrected chi connectivity index (χ1v) is 11.9. The van der Waals surface area contributed by atoms with E-state index in [9.17, 15) is 19.8 Å². The number of hydroxylamine groups is 1. The highest BCUT2D eigenvalue weighted by molar-refractivity contribution is 8.77. The zero-order chi connectivity index (χ0) is 22.7. The van der Waals surface area contributed by atoms with Crippen LogP contribution in [0.2, 0.25) is 0 Å². The van der Waals surface area contributed by atoms with Crippen molar-refractivity contribution in [2.24, 2.45) is 0 Å². The van der Waals surface area contributed by atoms with Gasteiger partial charge in [-0.2, -0.15) is 5.48 Å². The van der Waals surface area contributed by atoms with Crippen LogP contribution in [0.5, 0.6) is 11.5 Å². The van der Waals surface area contributed by atoms with Gasteiger partial charge in [0.05, 0.1) is 19.5 Å². The normalized spacial score (nSPS) is 33.1. The molecule has 0 radical (unpaired) electrons. The van der Waals surface area contributed by atoms with Crippen molar-refractivity contribution < 1.29 is 33.7 Å². The van der Waals surface area contributed by atoms with Gasteiger partial charge >= 0.3 is 5.63 Å². The highest BCUT2D eigenvalue weighted by Gasteiger charge is 2.64. The zero-order valence-corrected chi connectivity index (χ0v) is 18.6. The molecular weight excluding hydrogens is 460 g/mol. The van der Waals surface area contributed by atoms with Crippen LogP contribution in [0.3, 0.4) is 0 Å². The second-order valence-electron chi connectivity index (χ2n) is 7.73. The average molecular weight is 481 g/mol. The van der Waals surface area contributed by atoms with Gasteiger partial charge in [0.15, 0.2) is 16.2 Å². The topological polar surface area (TPSA) is 139 Å². The van der Waals surface area contributed by atoms with Gasteiger partial charge in [-0.05, 0) is 18.2 Å². The van der Waals surface area contributed by atoms with Crippen LogP contribution in [-0.2, 0) is 9.63 Å². The molecule has 170 valence electrons. The summed E-state index contributed by atoms with van der Waals surface area (Å²) in [6.45, 7) is 0. The van der Waals surface area contributed by atoms with Crippen LogP contribution in [0.25, 0.3) is 11.0 Å². The summed E-state index contributed by atoms with van der Waals surface area (Å²) in [6, 6.07) is 4.82. The largest absolute Gasteiger partial charge is 0.493 e. The van der Waals surface area contributed by atoms with Crippen molar-refractivity contribution in [1.82, 2.24) is 5.48 Å². The Hall–Kier alpha value is -2.22.